The number of ether oxygens (including phenoxy) is 3. The van der Waals surface area contributed by atoms with E-state index in [0.29, 0.717) is 18.8 Å². The Morgan fingerprint density at radius 2 is 2.00 bits per heavy atom. The molecule has 1 atom stereocenters. The van der Waals surface area contributed by atoms with Crippen LogP contribution in [0, 0.1) is 0 Å². The molecular weight excluding hydrogens is 220 g/mol. The van der Waals surface area contributed by atoms with E-state index < -0.39 is 0 Å². The van der Waals surface area contributed by atoms with E-state index in [1.807, 2.05) is 25.1 Å². The lowest BCUT2D eigenvalue weighted by molar-refractivity contribution is -0.146. The molecule has 0 aliphatic rings. The molecule has 0 radical (unpaired) electrons. The molecular formula is C13H18O4. The second-order valence-electron chi connectivity index (χ2n) is 3.66. The van der Waals surface area contributed by atoms with Gasteiger partial charge in [0.05, 0.1) is 12.7 Å². The Balaban J connectivity index is 2.13. The number of rotatable bonds is 7. The summed E-state index contributed by atoms with van der Waals surface area (Å²) in [5.41, 5.74) is 0. The summed E-state index contributed by atoms with van der Waals surface area (Å²) in [4.78, 5) is 11.3. The quantitative estimate of drug-likeness (QED) is 0.682. The maximum absolute atomic E-state index is 11.3. The third kappa shape index (κ3) is 5.92. The summed E-state index contributed by atoms with van der Waals surface area (Å²) in [5.74, 6) is 0.298. The molecule has 1 aromatic rings. The molecule has 0 saturated carbocycles. The van der Waals surface area contributed by atoms with E-state index in [1.54, 1.807) is 19.2 Å². The zero-order valence-electron chi connectivity index (χ0n) is 10.2. The lowest BCUT2D eigenvalue weighted by Crippen LogP contribution is -2.17. The molecule has 1 rings (SSSR count). The first kappa shape index (κ1) is 13.5. The summed E-state index contributed by atoms with van der Waals surface area (Å²) in [6.07, 6.45) is 0.783. The first-order chi connectivity index (χ1) is 8.22. The van der Waals surface area contributed by atoms with Crippen molar-refractivity contribution in [2.24, 2.45) is 0 Å². The van der Waals surface area contributed by atoms with Gasteiger partial charge < -0.3 is 14.2 Å². The van der Waals surface area contributed by atoms with E-state index in [9.17, 15) is 4.79 Å². The van der Waals surface area contributed by atoms with Gasteiger partial charge in [-0.2, -0.15) is 0 Å². The third-order valence-electron chi connectivity index (χ3n) is 2.29. The molecule has 0 unspecified atom stereocenters. The Morgan fingerprint density at radius 3 is 2.65 bits per heavy atom. The van der Waals surface area contributed by atoms with Gasteiger partial charge in [0.1, 0.15) is 5.75 Å². The smallest absolute Gasteiger partial charge is 0.344 e. The number of methoxy groups -OCH3 is 1. The molecule has 0 bridgehead atoms. The van der Waals surface area contributed by atoms with Crippen molar-refractivity contribution in [3.05, 3.63) is 30.3 Å². The van der Waals surface area contributed by atoms with Gasteiger partial charge in [-0.3, -0.25) is 0 Å². The molecule has 0 aromatic heterocycles. The first-order valence-corrected chi connectivity index (χ1v) is 5.58. The highest BCUT2D eigenvalue weighted by Crippen LogP contribution is 2.07. The minimum atomic E-state index is -0.364. The Bertz CT molecular complexity index is 323. The SMILES string of the molecule is CO[C@H](C)CCOC(=O)COc1ccccc1. The van der Waals surface area contributed by atoms with Crippen LogP contribution < -0.4 is 4.74 Å². The van der Waals surface area contributed by atoms with Crippen LogP contribution in [0.2, 0.25) is 0 Å². The van der Waals surface area contributed by atoms with Crippen LogP contribution in [0.4, 0.5) is 0 Å². The molecule has 0 aliphatic carbocycles. The fourth-order valence-corrected chi connectivity index (χ4v) is 1.16. The molecule has 0 amide bonds. The summed E-state index contributed by atoms with van der Waals surface area (Å²) in [7, 11) is 1.63. The van der Waals surface area contributed by atoms with Crippen LogP contribution in [0.5, 0.6) is 5.75 Å². The fraction of sp³-hybridized carbons (Fsp3) is 0.462. The predicted molar refractivity (Wildman–Crippen MR) is 64.0 cm³/mol. The van der Waals surface area contributed by atoms with Gasteiger partial charge in [0, 0.05) is 13.5 Å². The van der Waals surface area contributed by atoms with Crippen molar-refractivity contribution in [2.75, 3.05) is 20.3 Å². The van der Waals surface area contributed by atoms with Crippen LogP contribution in [0.25, 0.3) is 0 Å². The average molecular weight is 238 g/mol. The van der Waals surface area contributed by atoms with E-state index in [-0.39, 0.29) is 18.7 Å². The number of hydrogen-bond acceptors (Lipinski definition) is 4. The lowest BCUT2D eigenvalue weighted by Gasteiger charge is -2.10. The highest BCUT2D eigenvalue weighted by molar-refractivity contribution is 5.71. The van der Waals surface area contributed by atoms with Crippen LogP contribution in [-0.2, 0) is 14.3 Å². The van der Waals surface area contributed by atoms with Crippen molar-refractivity contribution in [1.82, 2.24) is 0 Å². The monoisotopic (exact) mass is 238 g/mol. The van der Waals surface area contributed by atoms with Crippen molar-refractivity contribution < 1.29 is 19.0 Å². The minimum Gasteiger partial charge on any atom is -0.482 e. The Kier molecular flexibility index (Phi) is 6.10. The molecule has 0 spiro atoms. The number of esters is 1. The van der Waals surface area contributed by atoms with Crippen LogP contribution in [0.3, 0.4) is 0 Å². The van der Waals surface area contributed by atoms with Gasteiger partial charge in [-0.1, -0.05) is 18.2 Å². The van der Waals surface area contributed by atoms with Crippen LogP contribution in [0.1, 0.15) is 13.3 Å². The third-order valence-corrected chi connectivity index (χ3v) is 2.29. The second kappa shape index (κ2) is 7.68. The Hall–Kier alpha value is -1.55. The number of hydrogen-bond donors (Lipinski definition) is 0. The summed E-state index contributed by atoms with van der Waals surface area (Å²) in [5, 5.41) is 0. The average Bonchev–Trinajstić information content (AvgIpc) is 2.37. The molecule has 94 valence electrons. The topological polar surface area (TPSA) is 44.8 Å². The van der Waals surface area contributed by atoms with Crippen LogP contribution >= 0.6 is 0 Å². The second-order valence-corrected chi connectivity index (χ2v) is 3.66. The van der Waals surface area contributed by atoms with Crippen molar-refractivity contribution in [3.63, 3.8) is 0 Å². The molecule has 4 heteroatoms. The summed E-state index contributed by atoms with van der Waals surface area (Å²) in [6, 6.07) is 9.17. The first-order valence-electron chi connectivity index (χ1n) is 5.58. The maximum Gasteiger partial charge on any atom is 0.344 e. The number of carbonyl (C=O) groups is 1. The Morgan fingerprint density at radius 1 is 1.29 bits per heavy atom. The van der Waals surface area contributed by atoms with Gasteiger partial charge in [-0.05, 0) is 19.1 Å². The van der Waals surface area contributed by atoms with E-state index in [1.165, 1.54) is 0 Å². The number of para-hydroxylation sites is 1. The summed E-state index contributed by atoms with van der Waals surface area (Å²) >= 11 is 0. The van der Waals surface area contributed by atoms with Gasteiger partial charge in [0.25, 0.3) is 0 Å². The molecule has 4 nitrogen and oxygen atoms in total. The van der Waals surface area contributed by atoms with E-state index in [4.69, 9.17) is 14.2 Å². The number of carbonyl (C=O) groups excluding carboxylic acids is 1. The van der Waals surface area contributed by atoms with Gasteiger partial charge in [-0.15, -0.1) is 0 Å². The highest BCUT2D eigenvalue weighted by atomic mass is 16.6. The lowest BCUT2D eigenvalue weighted by atomic mass is 10.3. The molecule has 17 heavy (non-hydrogen) atoms. The van der Waals surface area contributed by atoms with Gasteiger partial charge in [0.15, 0.2) is 6.61 Å². The van der Waals surface area contributed by atoms with Crippen molar-refractivity contribution in [3.8, 4) is 5.75 Å². The zero-order valence-corrected chi connectivity index (χ0v) is 10.2. The van der Waals surface area contributed by atoms with Gasteiger partial charge >= 0.3 is 5.97 Å². The van der Waals surface area contributed by atoms with Crippen LogP contribution in [-0.4, -0.2) is 32.4 Å². The van der Waals surface area contributed by atoms with Crippen molar-refractivity contribution >= 4 is 5.97 Å². The van der Waals surface area contributed by atoms with Crippen LogP contribution in [0.15, 0.2) is 30.3 Å². The minimum absolute atomic E-state index is 0.0641. The normalized spacial score (nSPS) is 11.9. The molecule has 0 N–H and O–H groups in total. The molecule has 0 aliphatic heterocycles. The highest BCUT2D eigenvalue weighted by Gasteiger charge is 2.05. The molecule has 0 saturated heterocycles. The van der Waals surface area contributed by atoms with Gasteiger partial charge in [-0.25, -0.2) is 4.79 Å². The Labute approximate surface area is 101 Å². The van der Waals surface area contributed by atoms with Gasteiger partial charge in [0.2, 0.25) is 0 Å². The zero-order chi connectivity index (χ0) is 12.5. The standard InChI is InChI=1S/C13H18O4/c1-11(15-2)8-9-16-13(14)10-17-12-6-4-3-5-7-12/h3-7,11H,8-10H2,1-2H3/t11-/m1/s1. The number of benzene rings is 1. The van der Waals surface area contributed by atoms with E-state index in [2.05, 4.69) is 0 Å². The van der Waals surface area contributed by atoms with E-state index >= 15 is 0 Å². The largest absolute Gasteiger partial charge is 0.482 e. The van der Waals surface area contributed by atoms with Crippen molar-refractivity contribution in [1.29, 1.82) is 0 Å². The predicted octanol–water partition coefficient (Wildman–Crippen LogP) is 2.03. The fourth-order valence-electron chi connectivity index (χ4n) is 1.16. The molecule has 0 fully saturated rings. The van der Waals surface area contributed by atoms with E-state index in [0.717, 1.165) is 0 Å². The van der Waals surface area contributed by atoms with Crippen molar-refractivity contribution in [2.45, 2.75) is 19.4 Å². The summed E-state index contributed by atoms with van der Waals surface area (Å²) < 4.78 is 15.3. The molecule has 0 heterocycles. The summed E-state index contributed by atoms with van der Waals surface area (Å²) in [6.45, 7) is 2.21. The maximum atomic E-state index is 11.3. The molecule has 1 aromatic carbocycles.